The maximum absolute atomic E-state index is 12.8. The van der Waals surface area contributed by atoms with Crippen LogP contribution >= 0.6 is 11.8 Å². The standard InChI is InChI=1S/C24H19N5OS/c1-17(23(30)26-20-12-8-9-18(15-20)16-25)31-24-28-27-22(19-10-4-2-5-11-19)29(24)21-13-6-3-7-14-21/h2-15,17H,1H3,(H,26,30)/t17-/m1/s1. The van der Waals surface area contributed by atoms with Gasteiger partial charge in [0.1, 0.15) is 0 Å². The first-order valence-electron chi connectivity index (χ1n) is 9.69. The molecule has 0 aliphatic carbocycles. The molecule has 1 heterocycles. The first-order valence-corrected chi connectivity index (χ1v) is 10.6. The van der Waals surface area contributed by atoms with Gasteiger partial charge < -0.3 is 5.32 Å². The minimum atomic E-state index is -0.430. The van der Waals surface area contributed by atoms with Crippen LogP contribution in [0.25, 0.3) is 17.1 Å². The number of thioether (sulfide) groups is 1. The fraction of sp³-hybridized carbons (Fsp3) is 0.0833. The van der Waals surface area contributed by atoms with Gasteiger partial charge in [-0.25, -0.2) is 0 Å². The van der Waals surface area contributed by atoms with Gasteiger partial charge >= 0.3 is 0 Å². The summed E-state index contributed by atoms with van der Waals surface area (Å²) in [5.41, 5.74) is 2.94. The van der Waals surface area contributed by atoms with Crippen LogP contribution in [0.1, 0.15) is 12.5 Å². The molecule has 7 heteroatoms. The van der Waals surface area contributed by atoms with Crippen LogP contribution in [-0.4, -0.2) is 25.9 Å². The molecule has 4 rings (SSSR count). The molecule has 1 amide bonds. The largest absolute Gasteiger partial charge is 0.325 e. The molecule has 1 atom stereocenters. The highest BCUT2D eigenvalue weighted by Gasteiger charge is 2.22. The number of carbonyl (C=O) groups is 1. The lowest BCUT2D eigenvalue weighted by molar-refractivity contribution is -0.115. The van der Waals surface area contributed by atoms with Crippen molar-refractivity contribution in [2.45, 2.75) is 17.3 Å². The summed E-state index contributed by atoms with van der Waals surface area (Å²) in [6, 6.07) is 28.6. The Morgan fingerprint density at radius 2 is 1.71 bits per heavy atom. The third-order valence-electron chi connectivity index (χ3n) is 4.59. The Bertz CT molecular complexity index is 1230. The van der Waals surface area contributed by atoms with Crippen molar-refractivity contribution in [2.24, 2.45) is 0 Å². The Labute approximate surface area is 184 Å². The summed E-state index contributed by atoms with van der Waals surface area (Å²) in [5.74, 6) is 0.535. The summed E-state index contributed by atoms with van der Waals surface area (Å²) >= 11 is 1.33. The molecule has 0 bridgehead atoms. The molecule has 0 spiro atoms. The fourth-order valence-electron chi connectivity index (χ4n) is 3.05. The number of hydrogen-bond acceptors (Lipinski definition) is 5. The molecule has 152 valence electrons. The number of aromatic nitrogens is 3. The Morgan fingerprint density at radius 1 is 1.00 bits per heavy atom. The van der Waals surface area contributed by atoms with Gasteiger partial charge in [-0.05, 0) is 37.3 Å². The summed E-state index contributed by atoms with van der Waals surface area (Å²) in [6.45, 7) is 1.82. The van der Waals surface area contributed by atoms with E-state index in [0.717, 1.165) is 11.3 Å². The molecule has 1 aromatic heterocycles. The topological polar surface area (TPSA) is 83.6 Å². The highest BCUT2D eigenvalue weighted by molar-refractivity contribution is 8.00. The zero-order valence-electron chi connectivity index (χ0n) is 16.8. The van der Waals surface area contributed by atoms with Gasteiger partial charge in [0.15, 0.2) is 11.0 Å². The van der Waals surface area contributed by atoms with Gasteiger partial charge in [-0.15, -0.1) is 10.2 Å². The molecule has 0 fully saturated rings. The van der Waals surface area contributed by atoms with Gasteiger partial charge in [0, 0.05) is 16.9 Å². The highest BCUT2D eigenvalue weighted by atomic mass is 32.2. The predicted molar refractivity (Wildman–Crippen MR) is 122 cm³/mol. The van der Waals surface area contributed by atoms with E-state index >= 15 is 0 Å². The predicted octanol–water partition coefficient (Wildman–Crippen LogP) is 4.93. The number of nitriles is 1. The quantitative estimate of drug-likeness (QED) is 0.443. The maximum Gasteiger partial charge on any atom is 0.237 e. The number of nitrogens with one attached hydrogen (secondary N) is 1. The van der Waals surface area contributed by atoms with Crippen LogP contribution in [-0.2, 0) is 4.79 Å². The monoisotopic (exact) mass is 425 g/mol. The van der Waals surface area contributed by atoms with Crippen LogP contribution < -0.4 is 5.32 Å². The van der Waals surface area contributed by atoms with Crippen LogP contribution in [0.5, 0.6) is 0 Å². The number of anilines is 1. The number of carbonyl (C=O) groups excluding carboxylic acids is 1. The third-order valence-corrected chi connectivity index (χ3v) is 5.63. The van der Waals surface area contributed by atoms with Gasteiger partial charge in [-0.2, -0.15) is 5.26 Å². The minimum Gasteiger partial charge on any atom is -0.325 e. The van der Waals surface area contributed by atoms with Gasteiger partial charge in [0.05, 0.1) is 16.9 Å². The molecule has 0 aliphatic rings. The minimum absolute atomic E-state index is 0.177. The summed E-state index contributed by atoms with van der Waals surface area (Å²) in [7, 11) is 0. The molecule has 0 radical (unpaired) electrons. The maximum atomic E-state index is 12.8. The number of rotatable bonds is 6. The summed E-state index contributed by atoms with van der Waals surface area (Å²) in [4.78, 5) is 12.8. The average Bonchev–Trinajstić information content (AvgIpc) is 3.23. The molecule has 4 aromatic rings. The Kier molecular flexibility index (Phi) is 6.11. The van der Waals surface area contributed by atoms with E-state index in [1.54, 1.807) is 24.3 Å². The van der Waals surface area contributed by atoms with Gasteiger partial charge in [-0.1, -0.05) is 66.4 Å². The number of nitrogens with zero attached hydrogens (tertiary/aromatic N) is 4. The SMILES string of the molecule is C[C@@H](Sc1nnc(-c2ccccc2)n1-c1ccccc1)C(=O)Nc1cccc(C#N)c1. The van der Waals surface area contributed by atoms with E-state index in [-0.39, 0.29) is 5.91 Å². The van der Waals surface area contributed by atoms with Gasteiger partial charge in [0.2, 0.25) is 5.91 Å². The van der Waals surface area contributed by atoms with Gasteiger partial charge in [0.25, 0.3) is 0 Å². The third kappa shape index (κ3) is 4.65. The van der Waals surface area contributed by atoms with Crippen LogP contribution in [0.2, 0.25) is 0 Å². The van der Waals surface area contributed by atoms with E-state index in [2.05, 4.69) is 21.6 Å². The Balaban J connectivity index is 1.61. The Hall–Kier alpha value is -3.89. The first kappa shape index (κ1) is 20.4. The van der Waals surface area contributed by atoms with Crippen molar-refractivity contribution in [3.8, 4) is 23.1 Å². The second-order valence-electron chi connectivity index (χ2n) is 6.79. The number of hydrogen-bond donors (Lipinski definition) is 1. The van der Waals surface area contributed by atoms with Crippen LogP contribution in [0, 0.1) is 11.3 Å². The second-order valence-corrected chi connectivity index (χ2v) is 8.09. The fourth-order valence-corrected chi connectivity index (χ4v) is 3.92. The molecule has 1 N–H and O–H groups in total. The summed E-state index contributed by atoms with van der Waals surface area (Å²) in [5, 5.41) is 20.9. The molecule has 31 heavy (non-hydrogen) atoms. The zero-order chi connectivity index (χ0) is 21.6. The lowest BCUT2D eigenvalue weighted by Gasteiger charge is -2.14. The van der Waals surface area contributed by atoms with E-state index in [4.69, 9.17) is 5.26 Å². The lowest BCUT2D eigenvalue weighted by Crippen LogP contribution is -2.23. The number of amides is 1. The molecular formula is C24H19N5OS. The van der Waals surface area contributed by atoms with E-state index in [1.807, 2.05) is 72.2 Å². The molecule has 3 aromatic carbocycles. The second kappa shape index (κ2) is 9.28. The summed E-state index contributed by atoms with van der Waals surface area (Å²) < 4.78 is 1.96. The highest BCUT2D eigenvalue weighted by Crippen LogP contribution is 2.30. The van der Waals surface area contributed by atoms with Crippen LogP contribution in [0.3, 0.4) is 0 Å². The van der Waals surface area contributed by atoms with Crippen molar-refractivity contribution in [3.63, 3.8) is 0 Å². The number of benzene rings is 3. The number of para-hydroxylation sites is 1. The van der Waals surface area contributed by atoms with E-state index < -0.39 is 5.25 Å². The van der Waals surface area contributed by atoms with Crippen LogP contribution in [0.15, 0.2) is 90.1 Å². The lowest BCUT2D eigenvalue weighted by atomic mass is 10.2. The molecular weight excluding hydrogens is 406 g/mol. The van der Waals surface area contributed by atoms with Crippen molar-refractivity contribution in [3.05, 3.63) is 90.5 Å². The van der Waals surface area contributed by atoms with Gasteiger partial charge in [-0.3, -0.25) is 9.36 Å². The van der Waals surface area contributed by atoms with Crippen molar-refractivity contribution >= 4 is 23.4 Å². The first-order chi connectivity index (χ1) is 15.2. The Morgan fingerprint density at radius 3 is 2.42 bits per heavy atom. The van der Waals surface area contributed by atoms with E-state index in [1.165, 1.54) is 11.8 Å². The molecule has 0 unspecified atom stereocenters. The van der Waals surface area contributed by atoms with Crippen LogP contribution in [0.4, 0.5) is 5.69 Å². The zero-order valence-corrected chi connectivity index (χ0v) is 17.6. The molecule has 0 aliphatic heterocycles. The molecule has 6 nitrogen and oxygen atoms in total. The molecule has 0 saturated carbocycles. The normalized spacial score (nSPS) is 11.5. The average molecular weight is 426 g/mol. The van der Waals surface area contributed by atoms with Crippen molar-refractivity contribution in [2.75, 3.05) is 5.32 Å². The van der Waals surface area contributed by atoms with Crippen molar-refractivity contribution in [1.29, 1.82) is 5.26 Å². The van der Waals surface area contributed by atoms with E-state index in [9.17, 15) is 4.79 Å². The van der Waals surface area contributed by atoms with E-state index in [0.29, 0.717) is 22.2 Å². The summed E-state index contributed by atoms with van der Waals surface area (Å²) in [6.07, 6.45) is 0. The van der Waals surface area contributed by atoms with Crippen molar-refractivity contribution in [1.82, 2.24) is 14.8 Å². The smallest absolute Gasteiger partial charge is 0.237 e. The van der Waals surface area contributed by atoms with Crippen molar-refractivity contribution < 1.29 is 4.79 Å². The molecule has 0 saturated heterocycles.